The van der Waals surface area contributed by atoms with Crippen LogP contribution in [0.4, 0.5) is 0 Å². The third-order valence-corrected chi connectivity index (χ3v) is 6.43. The molecule has 0 amide bonds. The highest BCUT2D eigenvalue weighted by molar-refractivity contribution is 5.70. The Bertz CT molecular complexity index is 1150. The molecule has 0 aromatic carbocycles. The molecule has 2 aliphatic rings. The molecule has 0 saturated heterocycles. The smallest absolute Gasteiger partial charge is 0.306 e. The van der Waals surface area contributed by atoms with Gasteiger partial charge in [-0.1, -0.05) is 5.21 Å². The van der Waals surface area contributed by atoms with Crippen molar-refractivity contribution in [2.75, 3.05) is 0 Å². The van der Waals surface area contributed by atoms with Gasteiger partial charge in [0, 0.05) is 7.05 Å². The lowest BCUT2D eigenvalue weighted by atomic mass is 9.87. The van der Waals surface area contributed by atoms with E-state index in [4.69, 9.17) is 9.72 Å². The van der Waals surface area contributed by atoms with Gasteiger partial charge in [0.2, 0.25) is 0 Å². The Morgan fingerprint density at radius 2 is 2.03 bits per heavy atom. The summed E-state index contributed by atoms with van der Waals surface area (Å²) in [6.45, 7) is 2.71. The Kier molecular flexibility index (Phi) is 5.77. The molecule has 0 aliphatic heterocycles. The van der Waals surface area contributed by atoms with Gasteiger partial charge in [-0.25, -0.2) is 4.98 Å². The van der Waals surface area contributed by atoms with Crippen molar-refractivity contribution in [2.24, 2.45) is 18.9 Å². The summed E-state index contributed by atoms with van der Waals surface area (Å²) in [6.07, 6.45) is 5.77. The predicted molar refractivity (Wildman–Crippen MR) is 116 cm³/mol. The van der Waals surface area contributed by atoms with E-state index in [0.29, 0.717) is 48.1 Å². The normalized spacial score (nSPS) is 20.7. The second-order valence-corrected chi connectivity index (χ2v) is 9.11. The average Bonchev–Trinajstić information content (AvgIpc) is 3.39. The van der Waals surface area contributed by atoms with Gasteiger partial charge in [-0.2, -0.15) is 4.80 Å². The molecule has 3 aromatic heterocycles. The Labute approximate surface area is 191 Å². The summed E-state index contributed by atoms with van der Waals surface area (Å²) in [6, 6.07) is 3.75. The van der Waals surface area contributed by atoms with E-state index in [9.17, 15) is 9.90 Å². The van der Waals surface area contributed by atoms with E-state index >= 15 is 0 Å². The molecule has 2 atom stereocenters. The van der Waals surface area contributed by atoms with Gasteiger partial charge in [0.1, 0.15) is 11.4 Å². The zero-order chi connectivity index (χ0) is 22.9. The van der Waals surface area contributed by atoms with Gasteiger partial charge in [-0.15, -0.1) is 15.3 Å². The van der Waals surface area contributed by atoms with Crippen molar-refractivity contribution in [1.82, 2.24) is 40.2 Å². The number of carboxylic acid groups (broad SMARTS) is 1. The molecule has 0 radical (unpaired) electrons. The lowest BCUT2D eigenvalue weighted by Gasteiger charge is -2.27. The molecule has 11 heteroatoms. The Hall–Kier alpha value is -3.37. The second kappa shape index (κ2) is 8.87. The van der Waals surface area contributed by atoms with Gasteiger partial charge in [0.25, 0.3) is 0 Å². The van der Waals surface area contributed by atoms with Crippen molar-refractivity contribution < 1.29 is 14.6 Å². The van der Waals surface area contributed by atoms with Gasteiger partial charge in [0.05, 0.1) is 42.1 Å². The predicted octanol–water partition coefficient (Wildman–Crippen LogP) is 2.20. The van der Waals surface area contributed by atoms with Crippen LogP contribution in [0.1, 0.15) is 55.7 Å². The van der Waals surface area contributed by atoms with Crippen molar-refractivity contribution in [3.05, 3.63) is 29.3 Å². The molecule has 11 nitrogen and oxygen atoms in total. The first kappa shape index (κ1) is 21.5. The van der Waals surface area contributed by atoms with E-state index in [1.165, 1.54) is 12.8 Å². The van der Waals surface area contributed by atoms with Gasteiger partial charge in [0.15, 0.2) is 5.82 Å². The van der Waals surface area contributed by atoms with Crippen LogP contribution >= 0.6 is 0 Å². The molecule has 2 saturated carbocycles. The van der Waals surface area contributed by atoms with Crippen LogP contribution in [-0.4, -0.2) is 57.4 Å². The molecule has 5 rings (SSSR count). The number of carbonyl (C=O) groups is 1. The van der Waals surface area contributed by atoms with Crippen molar-refractivity contribution in [2.45, 2.75) is 64.5 Å². The van der Waals surface area contributed by atoms with Gasteiger partial charge in [-0.05, 0) is 68.7 Å². The standard InChI is InChI=1S/C22H28N8O3/c1-13-19(33-16-5-3-4-15(10-16)22(31)32)9-8-17(23-13)21-18(29(2)27-25-21)11-20-24-28-30(26-20)12-14-6-7-14/h8-9,14-16H,3-7,10-12H2,1-2H3,(H,31,32)/t15-,16-/m0/s1. The number of pyridine rings is 1. The Morgan fingerprint density at radius 1 is 1.18 bits per heavy atom. The number of hydrogen-bond donors (Lipinski definition) is 1. The SMILES string of the molecule is Cc1nc(-c2nnn(C)c2Cc2nnn(CC3CC3)n2)ccc1O[C@H]1CCC[C@H](C(=O)O)C1. The molecular formula is C22H28N8O3. The van der Waals surface area contributed by atoms with Crippen LogP contribution in [0, 0.1) is 18.8 Å². The minimum atomic E-state index is -0.745. The van der Waals surface area contributed by atoms with Crippen molar-refractivity contribution in [3.63, 3.8) is 0 Å². The number of tetrazole rings is 1. The lowest BCUT2D eigenvalue weighted by Crippen LogP contribution is -2.29. The van der Waals surface area contributed by atoms with Crippen molar-refractivity contribution in [1.29, 1.82) is 0 Å². The van der Waals surface area contributed by atoms with Crippen molar-refractivity contribution >= 4 is 5.97 Å². The summed E-state index contributed by atoms with van der Waals surface area (Å²) >= 11 is 0. The number of aryl methyl sites for hydroxylation is 2. The molecule has 2 aliphatic carbocycles. The van der Waals surface area contributed by atoms with Gasteiger partial charge < -0.3 is 9.84 Å². The number of aliphatic carboxylic acids is 1. The fourth-order valence-corrected chi connectivity index (χ4v) is 4.34. The van der Waals surface area contributed by atoms with Crippen LogP contribution in [0.15, 0.2) is 12.1 Å². The number of carboxylic acids is 1. The minimum Gasteiger partial charge on any atom is -0.489 e. The topological polar surface area (TPSA) is 134 Å². The summed E-state index contributed by atoms with van der Waals surface area (Å²) in [7, 11) is 1.84. The lowest BCUT2D eigenvalue weighted by molar-refractivity contribution is -0.143. The zero-order valence-electron chi connectivity index (χ0n) is 18.9. The first-order valence-electron chi connectivity index (χ1n) is 11.5. The molecule has 0 bridgehead atoms. The van der Waals surface area contributed by atoms with E-state index in [1.54, 1.807) is 9.48 Å². The summed E-state index contributed by atoms with van der Waals surface area (Å²) in [5, 5.41) is 30.7. The number of ether oxygens (including phenoxy) is 1. The summed E-state index contributed by atoms with van der Waals surface area (Å²) < 4.78 is 7.84. The molecule has 1 N–H and O–H groups in total. The Morgan fingerprint density at radius 3 is 2.79 bits per heavy atom. The van der Waals surface area contributed by atoms with Gasteiger partial charge >= 0.3 is 5.97 Å². The van der Waals surface area contributed by atoms with Crippen LogP contribution in [0.3, 0.4) is 0 Å². The molecular weight excluding hydrogens is 424 g/mol. The molecule has 3 aromatic rings. The fraction of sp³-hybridized carbons (Fsp3) is 0.591. The molecule has 33 heavy (non-hydrogen) atoms. The first-order valence-corrected chi connectivity index (χ1v) is 11.5. The largest absolute Gasteiger partial charge is 0.489 e. The van der Waals surface area contributed by atoms with E-state index in [-0.39, 0.29) is 12.0 Å². The molecule has 0 spiro atoms. The van der Waals surface area contributed by atoms with Crippen LogP contribution in [0.25, 0.3) is 11.4 Å². The molecule has 174 valence electrons. The van der Waals surface area contributed by atoms with E-state index in [0.717, 1.165) is 30.8 Å². The first-order chi connectivity index (χ1) is 16.0. The monoisotopic (exact) mass is 452 g/mol. The quantitative estimate of drug-likeness (QED) is 0.546. The van der Waals surface area contributed by atoms with E-state index in [2.05, 4.69) is 25.7 Å². The second-order valence-electron chi connectivity index (χ2n) is 9.11. The van der Waals surface area contributed by atoms with E-state index < -0.39 is 5.97 Å². The summed E-state index contributed by atoms with van der Waals surface area (Å²) in [5.74, 6) is 0.895. The van der Waals surface area contributed by atoms with Crippen LogP contribution < -0.4 is 4.74 Å². The zero-order valence-corrected chi connectivity index (χ0v) is 18.9. The highest BCUT2D eigenvalue weighted by Crippen LogP contribution is 2.31. The number of aromatic nitrogens is 8. The number of hydrogen-bond acceptors (Lipinski definition) is 8. The third kappa shape index (κ3) is 4.86. The molecule has 3 heterocycles. The van der Waals surface area contributed by atoms with Crippen LogP contribution in [0.5, 0.6) is 5.75 Å². The summed E-state index contributed by atoms with van der Waals surface area (Å²) in [4.78, 5) is 17.7. The molecule has 0 unspecified atom stereocenters. The van der Waals surface area contributed by atoms with E-state index in [1.807, 2.05) is 26.1 Å². The Balaban J connectivity index is 1.31. The highest BCUT2D eigenvalue weighted by Gasteiger charge is 2.29. The number of rotatable bonds is 8. The van der Waals surface area contributed by atoms with Crippen LogP contribution in [0.2, 0.25) is 0 Å². The highest BCUT2D eigenvalue weighted by atomic mass is 16.5. The third-order valence-electron chi connectivity index (χ3n) is 6.43. The molecule has 2 fully saturated rings. The average molecular weight is 453 g/mol. The number of nitrogens with zero attached hydrogens (tertiary/aromatic N) is 8. The minimum absolute atomic E-state index is 0.109. The fourth-order valence-electron chi connectivity index (χ4n) is 4.34. The van der Waals surface area contributed by atoms with Gasteiger partial charge in [-0.3, -0.25) is 9.48 Å². The van der Waals surface area contributed by atoms with Crippen LogP contribution in [-0.2, 0) is 24.8 Å². The van der Waals surface area contributed by atoms with Crippen molar-refractivity contribution in [3.8, 4) is 17.1 Å². The maximum atomic E-state index is 11.3. The maximum Gasteiger partial charge on any atom is 0.306 e. The maximum absolute atomic E-state index is 11.3. The summed E-state index contributed by atoms with van der Waals surface area (Å²) in [5.41, 5.74) is 2.96.